The summed E-state index contributed by atoms with van der Waals surface area (Å²) in [5.74, 6) is 0.351. The predicted octanol–water partition coefficient (Wildman–Crippen LogP) is 2.98. The first kappa shape index (κ1) is 12.4. The first-order chi connectivity index (χ1) is 8.56. The fourth-order valence-electron chi connectivity index (χ4n) is 1.75. The zero-order chi connectivity index (χ0) is 13.1. The first-order valence-corrected chi connectivity index (χ1v) is 5.81. The Bertz CT molecular complexity index is 555. The molecule has 1 N–H and O–H groups in total. The Kier molecular flexibility index (Phi) is 3.46. The number of carboxylic acids is 1. The molecular formula is C14H15NO3. The number of aromatic nitrogens is 1. The summed E-state index contributed by atoms with van der Waals surface area (Å²) in [6, 6.07) is 7.97. The number of oxazole rings is 1. The number of nitrogens with zero attached hydrogens (tertiary/aromatic N) is 1. The number of carbonyl (C=O) groups is 1. The molecule has 0 spiro atoms. The Morgan fingerprint density at radius 1 is 1.28 bits per heavy atom. The van der Waals surface area contributed by atoms with Crippen LogP contribution < -0.4 is 0 Å². The Morgan fingerprint density at radius 3 is 2.56 bits per heavy atom. The Hall–Kier alpha value is -2.10. The highest BCUT2D eigenvalue weighted by atomic mass is 16.4. The molecule has 0 saturated carbocycles. The molecule has 4 heteroatoms. The molecule has 0 radical (unpaired) electrons. The average Bonchev–Trinajstić information content (AvgIpc) is 2.69. The second-order valence-corrected chi connectivity index (χ2v) is 4.28. The van der Waals surface area contributed by atoms with Crippen molar-refractivity contribution in [2.45, 2.75) is 26.7 Å². The highest BCUT2D eigenvalue weighted by Crippen LogP contribution is 2.25. The van der Waals surface area contributed by atoms with Crippen LogP contribution in [-0.4, -0.2) is 16.1 Å². The minimum absolute atomic E-state index is 0.0350. The summed E-state index contributed by atoms with van der Waals surface area (Å²) in [5, 5.41) is 8.63. The largest absolute Gasteiger partial charge is 0.481 e. The Labute approximate surface area is 105 Å². The maximum absolute atomic E-state index is 10.5. The van der Waals surface area contributed by atoms with Crippen LogP contribution >= 0.6 is 0 Å². The highest BCUT2D eigenvalue weighted by molar-refractivity contribution is 5.67. The zero-order valence-corrected chi connectivity index (χ0v) is 10.4. The van der Waals surface area contributed by atoms with Crippen LogP contribution in [0, 0.1) is 13.8 Å². The molecule has 1 aromatic heterocycles. The van der Waals surface area contributed by atoms with Gasteiger partial charge in [-0.3, -0.25) is 4.79 Å². The minimum atomic E-state index is -0.845. The maximum atomic E-state index is 10.5. The number of benzene rings is 1. The molecule has 1 aromatic carbocycles. The van der Waals surface area contributed by atoms with Crippen LogP contribution in [0.1, 0.15) is 23.6 Å². The molecule has 0 aliphatic carbocycles. The fraction of sp³-hybridized carbons (Fsp3) is 0.286. The summed E-state index contributed by atoms with van der Waals surface area (Å²) >= 11 is 0. The molecule has 0 unspecified atom stereocenters. The summed E-state index contributed by atoms with van der Waals surface area (Å²) in [6.45, 7) is 3.89. The minimum Gasteiger partial charge on any atom is -0.481 e. The van der Waals surface area contributed by atoms with E-state index in [0.717, 1.165) is 17.0 Å². The van der Waals surface area contributed by atoms with Crippen LogP contribution in [0.4, 0.5) is 0 Å². The molecule has 2 rings (SSSR count). The number of hydrogen-bond donors (Lipinski definition) is 1. The van der Waals surface area contributed by atoms with Gasteiger partial charge in [-0.2, -0.15) is 0 Å². The van der Waals surface area contributed by atoms with Gasteiger partial charge in [0.2, 0.25) is 0 Å². The molecule has 4 nitrogen and oxygen atoms in total. The van der Waals surface area contributed by atoms with Gasteiger partial charge in [-0.05, 0) is 13.8 Å². The molecule has 0 aliphatic rings. The normalized spacial score (nSPS) is 10.6. The van der Waals surface area contributed by atoms with Crippen LogP contribution in [0.2, 0.25) is 0 Å². The smallest absolute Gasteiger partial charge is 0.303 e. The van der Waals surface area contributed by atoms with E-state index >= 15 is 0 Å². The molecule has 18 heavy (non-hydrogen) atoms. The quantitative estimate of drug-likeness (QED) is 0.899. The van der Waals surface area contributed by atoms with E-state index in [1.807, 2.05) is 38.1 Å². The van der Waals surface area contributed by atoms with Crippen LogP contribution in [0.25, 0.3) is 11.3 Å². The van der Waals surface area contributed by atoms with E-state index in [1.54, 1.807) is 0 Å². The van der Waals surface area contributed by atoms with Crippen molar-refractivity contribution in [3.63, 3.8) is 0 Å². The molecule has 94 valence electrons. The number of aryl methyl sites for hydroxylation is 3. The lowest BCUT2D eigenvalue weighted by Gasteiger charge is -1.98. The summed E-state index contributed by atoms with van der Waals surface area (Å²) in [6.07, 6.45) is 0.356. The summed E-state index contributed by atoms with van der Waals surface area (Å²) < 4.78 is 5.62. The molecule has 0 atom stereocenters. The van der Waals surface area contributed by atoms with E-state index in [-0.39, 0.29) is 6.42 Å². The lowest BCUT2D eigenvalue weighted by atomic mass is 10.1. The van der Waals surface area contributed by atoms with Crippen molar-refractivity contribution >= 4 is 5.97 Å². The van der Waals surface area contributed by atoms with Gasteiger partial charge in [0.25, 0.3) is 0 Å². The van der Waals surface area contributed by atoms with Gasteiger partial charge in [-0.15, -0.1) is 0 Å². The van der Waals surface area contributed by atoms with Crippen molar-refractivity contribution in [2.24, 2.45) is 0 Å². The molecule has 2 aromatic rings. The van der Waals surface area contributed by atoms with Crippen molar-refractivity contribution in [1.29, 1.82) is 0 Å². The standard InChI is InChI=1S/C14H15NO3/c1-9-3-5-11(6-4-9)14-10(2)15-12(18-14)7-8-13(16)17/h3-6H,7-8H2,1-2H3,(H,16,17). The highest BCUT2D eigenvalue weighted by Gasteiger charge is 2.12. The van der Waals surface area contributed by atoms with Gasteiger partial charge in [0.05, 0.1) is 12.1 Å². The Balaban J connectivity index is 2.23. The van der Waals surface area contributed by atoms with Crippen molar-refractivity contribution in [3.05, 3.63) is 41.4 Å². The van der Waals surface area contributed by atoms with E-state index in [9.17, 15) is 4.79 Å². The second-order valence-electron chi connectivity index (χ2n) is 4.28. The van der Waals surface area contributed by atoms with Crippen molar-refractivity contribution in [3.8, 4) is 11.3 Å². The van der Waals surface area contributed by atoms with Gasteiger partial charge in [0.1, 0.15) is 0 Å². The molecule has 1 heterocycles. The predicted molar refractivity (Wildman–Crippen MR) is 67.4 cm³/mol. The van der Waals surface area contributed by atoms with E-state index in [2.05, 4.69) is 4.98 Å². The van der Waals surface area contributed by atoms with Gasteiger partial charge in [-0.1, -0.05) is 29.8 Å². The second kappa shape index (κ2) is 5.04. The number of aliphatic carboxylic acids is 1. The molecule has 0 amide bonds. The monoisotopic (exact) mass is 245 g/mol. The van der Waals surface area contributed by atoms with Gasteiger partial charge in [-0.25, -0.2) is 4.98 Å². The topological polar surface area (TPSA) is 63.3 Å². The summed E-state index contributed by atoms with van der Waals surface area (Å²) in [4.78, 5) is 14.8. The molecule has 0 fully saturated rings. The van der Waals surface area contributed by atoms with Crippen LogP contribution in [0.5, 0.6) is 0 Å². The molecule has 0 saturated heterocycles. The third kappa shape index (κ3) is 2.77. The van der Waals surface area contributed by atoms with E-state index < -0.39 is 5.97 Å². The molecule has 0 bridgehead atoms. The average molecular weight is 245 g/mol. The number of hydrogen-bond acceptors (Lipinski definition) is 3. The van der Waals surface area contributed by atoms with Gasteiger partial charge >= 0.3 is 5.97 Å². The lowest BCUT2D eigenvalue weighted by Crippen LogP contribution is -1.97. The summed E-state index contributed by atoms with van der Waals surface area (Å²) in [5.41, 5.74) is 2.94. The van der Waals surface area contributed by atoms with E-state index in [0.29, 0.717) is 12.3 Å². The van der Waals surface area contributed by atoms with E-state index in [4.69, 9.17) is 9.52 Å². The first-order valence-electron chi connectivity index (χ1n) is 5.81. The van der Waals surface area contributed by atoms with Crippen LogP contribution in [0.15, 0.2) is 28.7 Å². The number of carboxylic acid groups (broad SMARTS) is 1. The third-order valence-electron chi connectivity index (χ3n) is 2.71. The molecular weight excluding hydrogens is 230 g/mol. The van der Waals surface area contributed by atoms with Gasteiger partial charge < -0.3 is 9.52 Å². The maximum Gasteiger partial charge on any atom is 0.303 e. The SMILES string of the molecule is Cc1ccc(-c2oc(CCC(=O)O)nc2C)cc1. The van der Waals surface area contributed by atoms with Gasteiger partial charge in [0.15, 0.2) is 11.7 Å². The molecule has 0 aliphatic heterocycles. The third-order valence-corrected chi connectivity index (χ3v) is 2.71. The van der Waals surface area contributed by atoms with Crippen molar-refractivity contribution in [2.75, 3.05) is 0 Å². The number of rotatable bonds is 4. The van der Waals surface area contributed by atoms with Crippen molar-refractivity contribution < 1.29 is 14.3 Å². The Morgan fingerprint density at radius 2 is 1.94 bits per heavy atom. The summed E-state index contributed by atoms with van der Waals surface area (Å²) in [7, 11) is 0. The zero-order valence-electron chi connectivity index (χ0n) is 10.4. The van der Waals surface area contributed by atoms with Crippen LogP contribution in [-0.2, 0) is 11.2 Å². The lowest BCUT2D eigenvalue weighted by molar-refractivity contribution is -0.137. The van der Waals surface area contributed by atoms with E-state index in [1.165, 1.54) is 5.56 Å². The fourth-order valence-corrected chi connectivity index (χ4v) is 1.75. The van der Waals surface area contributed by atoms with Crippen LogP contribution in [0.3, 0.4) is 0 Å². The van der Waals surface area contributed by atoms with Crippen molar-refractivity contribution in [1.82, 2.24) is 4.98 Å². The van der Waals surface area contributed by atoms with Gasteiger partial charge in [0, 0.05) is 12.0 Å².